The summed E-state index contributed by atoms with van der Waals surface area (Å²) in [6.07, 6.45) is 5.29. The van der Waals surface area contributed by atoms with Gasteiger partial charge in [0, 0.05) is 23.9 Å². The first-order valence-electron chi connectivity index (χ1n) is 5.11. The van der Waals surface area contributed by atoms with Crippen molar-refractivity contribution in [2.75, 3.05) is 7.11 Å². The van der Waals surface area contributed by atoms with Gasteiger partial charge in [0.05, 0.1) is 7.11 Å². The Bertz CT molecular complexity index is 350. The van der Waals surface area contributed by atoms with Gasteiger partial charge in [0.25, 0.3) is 0 Å². The number of allylic oxidation sites excluding steroid dienone is 2. The van der Waals surface area contributed by atoms with Crippen LogP contribution < -0.4 is 0 Å². The number of ether oxygens (including phenoxy) is 1. The third-order valence-electron chi connectivity index (χ3n) is 2.54. The molecule has 4 nitrogen and oxygen atoms in total. The van der Waals surface area contributed by atoms with E-state index in [9.17, 15) is 9.59 Å². The van der Waals surface area contributed by atoms with Gasteiger partial charge in [0.15, 0.2) is 0 Å². The maximum absolute atomic E-state index is 11.3. The fourth-order valence-corrected chi connectivity index (χ4v) is 1.69. The molecule has 0 spiro atoms. The molecule has 1 amide bonds. The highest BCUT2D eigenvalue weighted by Crippen LogP contribution is 2.34. The molecule has 0 fully saturated rings. The predicted octanol–water partition coefficient (Wildman–Crippen LogP) is 2.33. The van der Waals surface area contributed by atoms with E-state index < -0.39 is 6.09 Å². The third-order valence-corrected chi connectivity index (χ3v) is 2.54. The van der Waals surface area contributed by atoms with Gasteiger partial charge in [0.1, 0.15) is 6.29 Å². The molecule has 0 aromatic heterocycles. The number of carbonyl (C=O) groups excluding carboxylic acids is 2. The summed E-state index contributed by atoms with van der Waals surface area (Å²) in [5, 5.41) is 0. The molecule has 1 heterocycles. The third kappa shape index (κ3) is 2.51. The summed E-state index contributed by atoms with van der Waals surface area (Å²) >= 11 is 0. The monoisotopic (exact) mass is 223 g/mol. The minimum Gasteiger partial charge on any atom is -0.452 e. The van der Waals surface area contributed by atoms with Crippen molar-refractivity contribution in [3.8, 4) is 0 Å². The molecule has 0 N–H and O–H groups in total. The van der Waals surface area contributed by atoms with E-state index in [1.54, 1.807) is 6.20 Å². The second-order valence-corrected chi connectivity index (χ2v) is 4.81. The van der Waals surface area contributed by atoms with E-state index in [4.69, 9.17) is 0 Å². The van der Waals surface area contributed by atoms with E-state index in [0.29, 0.717) is 5.57 Å². The highest BCUT2D eigenvalue weighted by atomic mass is 16.5. The zero-order valence-corrected chi connectivity index (χ0v) is 10.1. The second-order valence-electron chi connectivity index (χ2n) is 4.81. The second kappa shape index (κ2) is 4.51. The zero-order valence-electron chi connectivity index (χ0n) is 10.1. The molecule has 1 aliphatic heterocycles. The molecule has 0 unspecified atom stereocenters. The van der Waals surface area contributed by atoms with E-state index in [0.717, 1.165) is 6.29 Å². The van der Waals surface area contributed by atoms with E-state index >= 15 is 0 Å². The van der Waals surface area contributed by atoms with Crippen LogP contribution in [0.4, 0.5) is 4.79 Å². The Labute approximate surface area is 95.6 Å². The van der Waals surface area contributed by atoms with Crippen molar-refractivity contribution in [1.29, 1.82) is 0 Å². The van der Waals surface area contributed by atoms with Crippen LogP contribution >= 0.6 is 0 Å². The van der Waals surface area contributed by atoms with Gasteiger partial charge in [-0.3, -0.25) is 9.69 Å². The van der Waals surface area contributed by atoms with Crippen molar-refractivity contribution >= 4 is 12.4 Å². The van der Waals surface area contributed by atoms with Crippen molar-refractivity contribution in [3.05, 3.63) is 24.0 Å². The largest absolute Gasteiger partial charge is 0.452 e. The van der Waals surface area contributed by atoms with Crippen LogP contribution in [0.15, 0.2) is 24.0 Å². The first-order valence-corrected chi connectivity index (χ1v) is 5.11. The van der Waals surface area contributed by atoms with E-state index in [1.165, 1.54) is 18.2 Å². The maximum Gasteiger partial charge on any atom is 0.417 e. The van der Waals surface area contributed by atoms with Crippen LogP contribution in [0, 0.1) is 11.3 Å². The molecule has 0 saturated heterocycles. The number of methoxy groups -OCH3 is 1. The van der Waals surface area contributed by atoms with Gasteiger partial charge in [0.2, 0.25) is 0 Å². The van der Waals surface area contributed by atoms with Gasteiger partial charge < -0.3 is 4.74 Å². The normalized spacial score (nSPS) is 20.4. The van der Waals surface area contributed by atoms with Crippen LogP contribution in [0.1, 0.15) is 20.8 Å². The molecular weight excluding hydrogens is 206 g/mol. The molecule has 4 heteroatoms. The number of hydrogen-bond donors (Lipinski definition) is 0. The number of hydrogen-bond acceptors (Lipinski definition) is 3. The summed E-state index contributed by atoms with van der Waals surface area (Å²) in [6, 6.07) is 0. The molecule has 1 atom stereocenters. The van der Waals surface area contributed by atoms with Crippen molar-refractivity contribution in [2.45, 2.75) is 20.8 Å². The van der Waals surface area contributed by atoms with Crippen LogP contribution in [0.3, 0.4) is 0 Å². The smallest absolute Gasteiger partial charge is 0.417 e. The lowest BCUT2D eigenvalue weighted by atomic mass is 9.76. The lowest BCUT2D eigenvalue weighted by molar-refractivity contribution is -0.105. The molecule has 0 bridgehead atoms. The van der Waals surface area contributed by atoms with E-state index in [1.807, 2.05) is 26.8 Å². The SMILES string of the molecule is COC(=O)N1C=C[C@@H](C(C)(C)C)C(C=O)=C1. The molecule has 0 aromatic rings. The Balaban J connectivity index is 2.97. The standard InChI is InChI=1S/C12H17NO3/c1-12(2,3)10-5-6-13(11(15)16-4)7-9(10)8-14/h5-8,10H,1-4H3/t10-/m1/s1. The molecule has 1 rings (SSSR count). The Kier molecular flexibility index (Phi) is 3.52. The fourth-order valence-electron chi connectivity index (χ4n) is 1.69. The van der Waals surface area contributed by atoms with Crippen LogP contribution in [0.2, 0.25) is 0 Å². The van der Waals surface area contributed by atoms with Crippen LogP contribution in [-0.4, -0.2) is 24.4 Å². The molecular formula is C12H17NO3. The number of carbonyl (C=O) groups is 2. The van der Waals surface area contributed by atoms with Crippen molar-refractivity contribution in [3.63, 3.8) is 0 Å². The Hall–Kier alpha value is -1.58. The van der Waals surface area contributed by atoms with Crippen molar-refractivity contribution < 1.29 is 14.3 Å². The highest BCUT2D eigenvalue weighted by molar-refractivity contribution is 5.78. The highest BCUT2D eigenvalue weighted by Gasteiger charge is 2.29. The van der Waals surface area contributed by atoms with Gasteiger partial charge in [-0.1, -0.05) is 26.8 Å². The Morgan fingerprint density at radius 3 is 2.56 bits per heavy atom. The van der Waals surface area contributed by atoms with E-state index in [2.05, 4.69) is 4.74 Å². The quantitative estimate of drug-likeness (QED) is 0.641. The number of aldehydes is 1. The molecule has 0 aliphatic carbocycles. The van der Waals surface area contributed by atoms with Crippen LogP contribution in [0.5, 0.6) is 0 Å². The summed E-state index contributed by atoms with van der Waals surface area (Å²) in [6.45, 7) is 6.15. The lowest BCUT2D eigenvalue weighted by Crippen LogP contribution is -2.29. The van der Waals surface area contributed by atoms with Gasteiger partial charge in [-0.05, 0) is 5.41 Å². The summed E-state index contributed by atoms with van der Waals surface area (Å²) in [7, 11) is 1.31. The van der Waals surface area contributed by atoms with Crippen molar-refractivity contribution in [1.82, 2.24) is 4.90 Å². The van der Waals surface area contributed by atoms with Gasteiger partial charge in [-0.2, -0.15) is 0 Å². The number of rotatable bonds is 1. The first-order chi connectivity index (χ1) is 7.40. The fraction of sp³-hybridized carbons (Fsp3) is 0.500. The van der Waals surface area contributed by atoms with Gasteiger partial charge in [-0.15, -0.1) is 0 Å². The summed E-state index contributed by atoms with van der Waals surface area (Å²) in [5.74, 6) is 0.0194. The first kappa shape index (κ1) is 12.5. The summed E-state index contributed by atoms with van der Waals surface area (Å²) in [4.78, 5) is 23.5. The molecule has 16 heavy (non-hydrogen) atoms. The average Bonchev–Trinajstić information content (AvgIpc) is 2.25. The molecule has 1 aliphatic rings. The van der Waals surface area contributed by atoms with Gasteiger partial charge >= 0.3 is 6.09 Å². The minimum absolute atomic E-state index is 0.0194. The number of nitrogens with zero attached hydrogens (tertiary/aromatic N) is 1. The maximum atomic E-state index is 11.3. The summed E-state index contributed by atoms with van der Waals surface area (Å²) in [5.41, 5.74) is 0.534. The Morgan fingerprint density at radius 2 is 2.12 bits per heavy atom. The topological polar surface area (TPSA) is 46.6 Å². The molecule has 0 saturated carbocycles. The van der Waals surface area contributed by atoms with Crippen LogP contribution in [-0.2, 0) is 9.53 Å². The molecule has 88 valence electrons. The minimum atomic E-state index is -0.497. The lowest BCUT2D eigenvalue weighted by Gasteiger charge is -2.32. The van der Waals surface area contributed by atoms with E-state index in [-0.39, 0.29) is 11.3 Å². The molecule has 0 aromatic carbocycles. The summed E-state index contributed by atoms with van der Waals surface area (Å²) < 4.78 is 4.58. The Morgan fingerprint density at radius 1 is 1.50 bits per heavy atom. The molecule has 0 radical (unpaired) electrons. The van der Waals surface area contributed by atoms with Crippen LogP contribution in [0.25, 0.3) is 0 Å². The van der Waals surface area contributed by atoms with Gasteiger partial charge in [-0.25, -0.2) is 4.79 Å². The zero-order chi connectivity index (χ0) is 12.3. The number of amides is 1. The predicted molar refractivity (Wildman–Crippen MR) is 60.5 cm³/mol. The van der Waals surface area contributed by atoms with Crippen molar-refractivity contribution in [2.24, 2.45) is 11.3 Å². The average molecular weight is 223 g/mol.